The smallest absolute Gasteiger partial charge is 0.420 e. The zero-order chi connectivity index (χ0) is 22.2. The van der Waals surface area contributed by atoms with Crippen LogP contribution in [0.4, 0.5) is 19.0 Å². The van der Waals surface area contributed by atoms with E-state index in [1.165, 1.54) is 19.2 Å². The highest BCUT2D eigenvalue weighted by atomic mass is 35.5. The van der Waals surface area contributed by atoms with Gasteiger partial charge in [0.15, 0.2) is 5.82 Å². The predicted octanol–water partition coefficient (Wildman–Crippen LogP) is 5.14. The van der Waals surface area contributed by atoms with Crippen LogP contribution in [0.5, 0.6) is 11.5 Å². The Morgan fingerprint density at radius 2 is 2.00 bits per heavy atom. The van der Waals surface area contributed by atoms with Crippen LogP contribution < -0.4 is 14.8 Å². The van der Waals surface area contributed by atoms with E-state index in [2.05, 4.69) is 15.5 Å². The maximum atomic E-state index is 13.3. The highest BCUT2D eigenvalue weighted by Gasteiger charge is 2.35. The standard InChI is InChI=1S/C21H17ClF3N3O3/c1-30-18-6-11(14-8-19(29)27-20-15(14)9-26-28-20)2-3-12(18)10-31-17-5-4-13(22)7-16(17)21(23,24)25/h2-7,9,14H,8,10H2,1H3,(H2,26,27,28,29). The second kappa shape index (κ2) is 8.14. The Morgan fingerprint density at radius 3 is 2.74 bits per heavy atom. The van der Waals surface area contributed by atoms with Gasteiger partial charge in [-0.3, -0.25) is 9.89 Å². The van der Waals surface area contributed by atoms with Gasteiger partial charge in [-0.1, -0.05) is 23.7 Å². The number of halogens is 4. The Kier molecular flexibility index (Phi) is 5.53. The van der Waals surface area contributed by atoms with Gasteiger partial charge in [0.2, 0.25) is 5.91 Å². The number of rotatable bonds is 5. The first-order chi connectivity index (χ1) is 14.8. The minimum Gasteiger partial charge on any atom is -0.496 e. The fourth-order valence-corrected chi connectivity index (χ4v) is 3.72. The summed E-state index contributed by atoms with van der Waals surface area (Å²) in [6.07, 6.45) is -2.63. The van der Waals surface area contributed by atoms with E-state index in [-0.39, 0.29) is 35.6 Å². The highest BCUT2D eigenvalue weighted by molar-refractivity contribution is 6.30. The van der Waals surface area contributed by atoms with Crippen molar-refractivity contribution in [2.75, 3.05) is 12.4 Å². The van der Waals surface area contributed by atoms with Crippen LogP contribution in [0.25, 0.3) is 0 Å². The number of amides is 1. The first kappa shape index (κ1) is 21.0. The topological polar surface area (TPSA) is 76.2 Å². The normalized spacial score (nSPS) is 15.9. The van der Waals surface area contributed by atoms with Crippen molar-refractivity contribution in [1.29, 1.82) is 0 Å². The fourth-order valence-electron chi connectivity index (χ4n) is 3.54. The van der Waals surface area contributed by atoms with E-state index in [4.69, 9.17) is 21.1 Å². The zero-order valence-electron chi connectivity index (χ0n) is 16.2. The molecule has 0 fully saturated rings. The SMILES string of the molecule is COc1cc(C2CC(=O)Nc3n[nH]cc32)ccc1COc1ccc(Cl)cc1C(F)(F)F. The van der Waals surface area contributed by atoms with E-state index < -0.39 is 11.7 Å². The number of H-pyrrole nitrogens is 1. The predicted molar refractivity (Wildman–Crippen MR) is 107 cm³/mol. The molecule has 2 aromatic carbocycles. The molecule has 4 rings (SSSR count). The van der Waals surface area contributed by atoms with E-state index in [1.54, 1.807) is 24.4 Å². The number of hydrogen-bond donors (Lipinski definition) is 2. The number of hydrogen-bond acceptors (Lipinski definition) is 4. The molecular formula is C21H17ClF3N3O3. The van der Waals surface area contributed by atoms with Crippen molar-refractivity contribution in [2.45, 2.75) is 25.1 Å². The van der Waals surface area contributed by atoms with Crippen LogP contribution in [0, 0.1) is 0 Å². The van der Waals surface area contributed by atoms with Gasteiger partial charge in [0.05, 0.1) is 12.7 Å². The summed E-state index contributed by atoms with van der Waals surface area (Å²) >= 11 is 5.71. The fraction of sp³-hybridized carbons (Fsp3) is 0.238. The third-order valence-electron chi connectivity index (χ3n) is 5.04. The lowest BCUT2D eigenvalue weighted by Crippen LogP contribution is -2.23. The van der Waals surface area contributed by atoms with Gasteiger partial charge >= 0.3 is 6.18 Å². The van der Waals surface area contributed by atoms with Gasteiger partial charge in [0.1, 0.15) is 18.1 Å². The van der Waals surface area contributed by atoms with E-state index in [0.717, 1.165) is 17.2 Å². The number of methoxy groups -OCH3 is 1. The summed E-state index contributed by atoms with van der Waals surface area (Å²) in [5.41, 5.74) is 1.28. The molecule has 2 heterocycles. The maximum Gasteiger partial charge on any atom is 0.420 e. The summed E-state index contributed by atoms with van der Waals surface area (Å²) in [7, 11) is 1.46. The van der Waals surface area contributed by atoms with Gasteiger partial charge in [-0.2, -0.15) is 18.3 Å². The average molecular weight is 452 g/mol. The molecule has 0 saturated heterocycles. The van der Waals surface area contributed by atoms with E-state index in [0.29, 0.717) is 17.1 Å². The summed E-state index contributed by atoms with van der Waals surface area (Å²) in [6, 6.07) is 8.62. The van der Waals surface area contributed by atoms with Crippen molar-refractivity contribution in [3.05, 3.63) is 69.9 Å². The van der Waals surface area contributed by atoms with Crippen molar-refractivity contribution in [3.8, 4) is 11.5 Å². The maximum absolute atomic E-state index is 13.3. The first-order valence-corrected chi connectivity index (χ1v) is 9.64. The molecule has 31 heavy (non-hydrogen) atoms. The van der Waals surface area contributed by atoms with E-state index in [1.807, 2.05) is 0 Å². The number of aromatic nitrogens is 2. The van der Waals surface area contributed by atoms with Crippen LogP contribution in [0.1, 0.15) is 34.6 Å². The average Bonchev–Trinajstić information content (AvgIpc) is 3.19. The van der Waals surface area contributed by atoms with Gasteiger partial charge in [0, 0.05) is 34.7 Å². The molecule has 0 saturated carbocycles. The summed E-state index contributed by atoms with van der Waals surface area (Å²) in [4.78, 5) is 12.0. The van der Waals surface area contributed by atoms with Crippen LogP contribution in [0.2, 0.25) is 5.02 Å². The van der Waals surface area contributed by atoms with Crippen LogP contribution in [-0.4, -0.2) is 23.2 Å². The third kappa shape index (κ3) is 4.32. The Bertz CT molecular complexity index is 1130. The molecule has 0 spiro atoms. The minimum absolute atomic E-state index is 0.0308. The van der Waals surface area contributed by atoms with Crippen LogP contribution in [-0.2, 0) is 17.6 Å². The van der Waals surface area contributed by atoms with E-state index in [9.17, 15) is 18.0 Å². The Morgan fingerprint density at radius 1 is 1.19 bits per heavy atom. The van der Waals surface area contributed by atoms with Crippen molar-refractivity contribution in [1.82, 2.24) is 10.2 Å². The number of anilines is 1. The molecule has 1 unspecified atom stereocenters. The first-order valence-electron chi connectivity index (χ1n) is 9.26. The summed E-state index contributed by atoms with van der Waals surface area (Å²) in [6.45, 7) is -0.143. The number of benzene rings is 2. The van der Waals surface area contributed by atoms with Gasteiger partial charge < -0.3 is 14.8 Å². The zero-order valence-corrected chi connectivity index (χ0v) is 17.0. The molecule has 0 aliphatic carbocycles. The largest absolute Gasteiger partial charge is 0.496 e. The second-order valence-corrected chi connectivity index (χ2v) is 7.43. The number of alkyl halides is 3. The van der Waals surface area contributed by atoms with Crippen molar-refractivity contribution in [2.24, 2.45) is 0 Å². The van der Waals surface area contributed by atoms with Crippen LogP contribution in [0.15, 0.2) is 42.6 Å². The number of carbonyl (C=O) groups is 1. The number of fused-ring (bicyclic) bond motifs is 1. The second-order valence-electron chi connectivity index (χ2n) is 6.99. The number of nitrogens with one attached hydrogen (secondary N) is 2. The summed E-state index contributed by atoms with van der Waals surface area (Å²) < 4.78 is 50.7. The van der Waals surface area contributed by atoms with Gasteiger partial charge in [-0.05, 0) is 29.8 Å². The highest BCUT2D eigenvalue weighted by Crippen LogP contribution is 2.40. The Hall–Kier alpha value is -3.20. The van der Waals surface area contributed by atoms with Crippen molar-refractivity contribution >= 4 is 23.3 Å². The molecule has 162 valence electrons. The van der Waals surface area contributed by atoms with Crippen LogP contribution in [0.3, 0.4) is 0 Å². The molecule has 1 aliphatic heterocycles. The molecule has 1 amide bonds. The van der Waals surface area contributed by atoms with Gasteiger partial charge in [0.25, 0.3) is 0 Å². The minimum atomic E-state index is -4.60. The third-order valence-corrected chi connectivity index (χ3v) is 5.27. The molecule has 0 radical (unpaired) electrons. The molecule has 6 nitrogen and oxygen atoms in total. The summed E-state index contributed by atoms with van der Waals surface area (Å²) in [5.74, 6) is 0.221. The molecular weight excluding hydrogens is 435 g/mol. The molecule has 1 atom stereocenters. The lowest BCUT2D eigenvalue weighted by Gasteiger charge is -2.23. The van der Waals surface area contributed by atoms with Gasteiger partial charge in [-0.15, -0.1) is 0 Å². The lowest BCUT2D eigenvalue weighted by molar-refractivity contribution is -0.139. The van der Waals surface area contributed by atoms with Gasteiger partial charge in [-0.25, -0.2) is 0 Å². The number of carbonyl (C=O) groups excluding carboxylic acids is 1. The molecule has 1 aliphatic rings. The molecule has 2 N–H and O–H groups in total. The Balaban J connectivity index is 1.59. The summed E-state index contributed by atoms with van der Waals surface area (Å²) in [5, 5.41) is 9.45. The number of ether oxygens (including phenoxy) is 2. The quantitative estimate of drug-likeness (QED) is 0.563. The molecule has 3 aromatic rings. The van der Waals surface area contributed by atoms with Crippen molar-refractivity contribution in [3.63, 3.8) is 0 Å². The molecule has 10 heteroatoms. The number of nitrogens with zero attached hydrogens (tertiary/aromatic N) is 1. The molecule has 0 bridgehead atoms. The van der Waals surface area contributed by atoms with E-state index >= 15 is 0 Å². The number of aromatic amines is 1. The van der Waals surface area contributed by atoms with Crippen molar-refractivity contribution < 1.29 is 27.4 Å². The lowest BCUT2D eigenvalue weighted by atomic mass is 9.87. The van der Waals surface area contributed by atoms with Crippen LogP contribution >= 0.6 is 11.6 Å². The monoisotopic (exact) mass is 451 g/mol. The Labute approximate surface area is 180 Å². The molecule has 1 aromatic heterocycles.